The summed E-state index contributed by atoms with van der Waals surface area (Å²) in [4.78, 5) is 15.3. The number of halogens is 4. The molecule has 0 radical (unpaired) electrons. The van der Waals surface area contributed by atoms with Crippen molar-refractivity contribution in [3.63, 3.8) is 0 Å². The van der Waals surface area contributed by atoms with E-state index in [1.165, 1.54) is 42.5 Å². The average molecular weight is 351 g/mol. The van der Waals surface area contributed by atoms with Gasteiger partial charge in [0.05, 0.1) is 5.69 Å². The summed E-state index contributed by atoms with van der Waals surface area (Å²) in [6.07, 6.45) is -4.73. The minimum Gasteiger partial charge on any atom is -0.329 e. The van der Waals surface area contributed by atoms with Crippen molar-refractivity contribution in [3.05, 3.63) is 65.8 Å². The van der Waals surface area contributed by atoms with Crippen LogP contribution in [-0.2, 0) is 6.18 Å². The Balaban J connectivity index is 1.77. The van der Waals surface area contributed by atoms with Crippen LogP contribution in [0.3, 0.4) is 0 Å². The van der Waals surface area contributed by atoms with Crippen LogP contribution in [0.25, 0.3) is 11.4 Å². The molecule has 1 N–H and O–H groups in total. The summed E-state index contributed by atoms with van der Waals surface area (Å²) < 4.78 is 55.0. The Kier molecular flexibility index (Phi) is 4.22. The van der Waals surface area contributed by atoms with Gasteiger partial charge in [0.1, 0.15) is 5.82 Å². The van der Waals surface area contributed by atoms with Crippen LogP contribution in [0.2, 0.25) is 0 Å². The number of nitrogens with one attached hydrogen (secondary N) is 1. The highest BCUT2D eigenvalue weighted by molar-refractivity contribution is 6.04. The molecule has 5 nitrogen and oxygen atoms in total. The average Bonchev–Trinajstić information content (AvgIpc) is 3.07. The largest absolute Gasteiger partial charge is 0.471 e. The van der Waals surface area contributed by atoms with Gasteiger partial charge in [0.25, 0.3) is 5.91 Å². The lowest BCUT2D eigenvalue weighted by Gasteiger charge is -2.06. The van der Waals surface area contributed by atoms with Gasteiger partial charge in [-0.1, -0.05) is 29.4 Å². The van der Waals surface area contributed by atoms with Crippen LogP contribution in [0, 0.1) is 5.82 Å². The van der Waals surface area contributed by atoms with E-state index < -0.39 is 23.8 Å². The van der Waals surface area contributed by atoms with Crippen molar-refractivity contribution >= 4 is 11.6 Å². The molecule has 128 valence electrons. The molecule has 0 aliphatic rings. The first kappa shape index (κ1) is 16.6. The Morgan fingerprint density at radius 2 is 1.72 bits per heavy atom. The molecule has 0 unspecified atom stereocenters. The van der Waals surface area contributed by atoms with E-state index in [9.17, 15) is 22.4 Å². The predicted octanol–water partition coefficient (Wildman–Crippen LogP) is 4.15. The second-order valence-corrected chi connectivity index (χ2v) is 4.93. The third-order valence-corrected chi connectivity index (χ3v) is 3.20. The van der Waals surface area contributed by atoms with Gasteiger partial charge in [-0.2, -0.15) is 18.2 Å². The maximum Gasteiger partial charge on any atom is 0.471 e. The van der Waals surface area contributed by atoms with Crippen LogP contribution in [0.5, 0.6) is 0 Å². The molecule has 3 rings (SSSR count). The summed E-state index contributed by atoms with van der Waals surface area (Å²) in [5.41, 5.74) is 0.442. The van der Waals surface area contributed by atoms with E-state index in [-0.39, 0.29) is 22.6 Å². The van der Waals surface area contributed by atoms with Gasteiger partial charge in [0.2, 0.25) is 5.82 Å². The SMILES string of the molecule is O=C(Nc1ccccc1F)c1ccc(-c2noc(C(F)(F)F)n2)cc1. The molecule has 0 aliphatic heterocycles. The molecule has 2 aromatic carbocycles. The topological polar surface area (TPSA) is 68.0 Å². The summed E-state index contributed by atoms with van der Waals surface area (Å²) in [5.74, 6) is -2.86. The zero-order valence-electron chi connectivity index (χ0n) is 12.3. The number of hydrogen-bond donors (Lipinski definition) is 1. The highest BCUT2D eigenvalue weighted by Gasteiger charge is 2.38. The Labute approximate surface area is 138 Å². The number of anilines is 1. The molecule has 0 fully saturated rings. The number of alkyl halides is 3. The Morgan fingerprint density at radius 3 is 2.32 bits per heavy atom. The molecule has 3 aromatic rings. The third kappa shape index (κ3) is 3.65. The molecule has 0 aliphatic carbocycles. The first-order valence-electron chi connectivity index (χ1n) is 6.92. The van der Waals surface area contributed by atoms with Gasteiger partial charge in [0.15, 0.2) is 0 Å². The number of carbonyl (C=O) groups excluding carboxylic acids is 1. The van der Waals surface area contributed by atoms with Crippen molar-refractivity contribution < 1.29 is 26.9 Å². The molecule has 0 bridgehead atoms. The Morgan fingerprint density at radius 1 is 1.04 bits per heavy atom. The fourth-order valence-electron chi connectivity index (χ4n) is 1.98. The van der Waals surface area contributed by atoms with E-state index in [2.05, 4.69) is 20.0 Å². The summed E-state index contributed by atoms with van der Waals surface area (Å²) >= 11 is 0. The number of aromatic nitrogens is 2. The summed E-state index contributed by atoms with van der Waals surface area (Å²) in [5, 5.41) is 5.65. The minimum atomic E-state index is -4.73. The lowest BCUT2D eigenvalue weighted by molar-refractivity contribution is -0.159. The maximum atomic E-state index is 13.5. The Bertz CT molecular complexity index is 904. The van der Waals surface area contributed by atoms with E-state index in [4.69, 9.17) is 0 Å². The van der Waals surface area contributed by atoms with Gasteiger partial charge in [-0.3, -0.25) is 4.79 Å². The normalized spacial score (nSPS) is 11.4. The lowest BCUT2D eigenvalue weighted by atomic mass is 10.1. The van der Waals surface area contributed by atoms with E-state index >= 15 is 0 Å². The molecule has 1 aromatic heterocycles. The molecular weight excluding hydrogens is 342 g/mol. The van der Waals surface area contributed by atoms with Gasteiger partial charge in [-0.25, -0.2) is 4.39 Å². The van der Waals surface area contributed by atoms with Gasteiger partial charge in [-0.15, -0.1) is 0 Å². The summed E-state index contributed by atoms with van der Waals surface area (Å²) in [7, 11) is 0. The maximum absolute atomic E-state index is 13.5. The van der Waals surface area contributed by atoms with Crippen LogP contribution in [0.1, 0.15) is 16.2 Å². The highest BCUT2D eigenvalue weighted by atomic mass is 19.4. The van der Waals surface area contributed by atoms with Gasteiger partial charge < -0.3 is 9.84 Å². The quantitative estimate of drug-likeness (QED) is 0.720. The first-order chi connectivity index (χ1) is 11.8. The Hall–Kier alpha value is -3.23. The zero-order chi connectivity index (χ0) is 18.0. The predicted molar refractivity (Wildman–Crippen MR) is 79.1 cm³/mol. The van der Waals surface area contributed by atoms with E-state index in [0.29, 0.717) is 0 Å². The summed E-state index contributed by atoms with van der Waals surface area (Å²) in [6, 6.07) is 11.1. The standard InChI is InChI=1S/C16H9F4N3O2/c17-11-3-1-2-4-12(11)21-14(24)10-7-5-9(6-8-10)13-22-15(25-23-13)16(18,19)20/h1-8H,(H,21,24). The van der Waals surface area contributed by atoms with E-state index in [0.717, 1.165) is 0 Å². The number of amides is 1. The second kappa shape index (κ2) is 6.34. The van der Waals surface area contributed by atoms with Crippen molar-refractivity contribution in [2.24, 2.45) is 0 Å². The van der Waals surface area contributed by atoms with Crippen molar-refractivity contribution in [2.45, 2.75) is 6.18 Å². The smallest absolute Gasteiger partial charge is 0.329 e. The van der Waals surface area contributed by atoms with E-state index in [1.54, 1.807) is 6.07 Å². The van der Waals surface area contributed by atoms with Crippen molar-refractivity contribution in [1.29, 1.82) is 0 Å². The first-order valence-corrected chi connectivity index (χ1v) is 6.92. The van der Waals surface area contributed by atoms with Crippen molar-refractivity contribution in [1.82, 2.24) is 10.1 Å². The lowest BCUT2D eigenvalue weighted by Crippen LogP contribution is -2.12. The molecule has 0 spiro atoms. The van der Waals surface area contributed by atoms with Crippen molar-refractivity contribution in [2.75, 3.05) is 5.32 Å². The zero-order valence-corrected chi connectivity index (χ0v) is 12.3. The molecule has 1 amide bonds. The number of carbonyl (C=O) groups is 1. The van der Waals surface area contributed by atoms with Gasteiger partial charge in [-0.05, 0) is 24.3 Å². The molecule has 0 saturated carbocycles. The third-order valence-electron chi connectivity index (χ3n) is 3.20. The number of hydrogen-bond acceptors (Lipinski definition) is 4. The number of para-hydroxylation sites is 1. The highest BCUT2D eigenvalue weighted by Crippen LogP contribution is 2.29. The van der Waals surface area contributed by atoms with Crippen molar-refractivity contribution in [3.8, 4) is 11.4 Å². The van der Waals surface area contributed by atoms with Crippen LogP contribution < -0.4 is 5.32 Å². The molecule has 25 heavy (non-hydrogen) atoms. The molecule has 0 atom stereocenters. The molecule has 9 heteroatoms. The van der Waals surface area contributed by atoms with Crippen LogP contribution in [0.4, 0.5) is 23.2 Å². The van der Waals surface area contributed by atoms with Crippen LogP contribution in [0.15, 0.2) is 53.1 Å². The fourth-order valence-corrected chi connectivity index (χ4v) is 1.98. The van der Waals surface area contributed by atoms with Gasteiger partial charge in [0, 0.05) is 11.1 Å². The second-order valence-electron chi connectivity index (χ2n) is 4.93. The van der Waals surface area contributed by atoms with Gasteiger partial charge >= 0.3 is 12.1 Å². The van der Waals surface area contributed by atoms with Crippen LogP contribution >= 0.6 is 0 Å². The van der Waals surface area contributed by atoms with E-state index in [1.807, 2.05) is 0 Å². The number of nitrogens with zero attached hydrogens (tertiary/aromatic N) is 2. The number of benzene rings is 2. The monoisotopic (exact) mass is 351 g/mol. The molecule has 1 heterocycles. The molecule has 0 saturated heterocycles. The molecular formula is C16H9F4N3O2. The summed E-state index contributed by atoms with van der Waals surface area (Å²) in [6.45, 7) is 0. The fraction of sp³-hybridized carbons (Fsp3) is 0.0625. The number of rotatable bonds is 3. The van der Waals surface area contributed by atoms with Crippen LogP contribution in [-0.4, -0.2) is 16.0 Å². The minimum absolute atomic E-state index is 0.0181.